The fourth-order valence-electron chi connectivity index (χ4n) is 1.20. The summed E-state index contributed by atoms with van der Waals surface area (Å²) in [5.41, 5.74) is 0.169. The molecular weight excluding hydrogens is 247 g/mol. The van der Waals surface area contributed by atoms with E-state index in [1.54, 1.807) is 6.07 Å². The number of rotatable bonds is 4. The molecule has 0 aliphatic carbocycles. The summed E-state index contributed by atoms with van der Waals surface area (Å²) in [5.74, 6) is -0.512. The average molecular weight is 256 g/mol. The van der Waals surface area contributed by atoms with Crippen molar-refractivity contribution in [3.05, 3.63) is 48.0 Å². The predicted octanol–water partition coefficient (Wildman–Crippen LogP) is 1.45. The van der Waals surface area contributed by atoms with Crippen LogP contribution >= 0.6 is 0 Å². The number of nitrogens with one attached hydrogen (secondary N) is 1. The van der Waals surface area contributed by atoms with Crippen LogP contribution in [-0.2, 0) is 20.9 Å². The van der Waals surface area contributed by atoms with Gasteiger partial charge in [0.15, 0.2) is 0 Å². The molecule has 2 rings (SSSR count). The average Bonchev–Trinajstić information content (AvgIpc) is 2.82. The molecular formula is C10H9FN2O3S. The Morgan fingerprint density at radius 3 is 2.76 bits per heavy atom. The highest BCUT2D eigenvalue weighted by atomic mass is 32.2. The van der Waals surface area contributed by atoms with E-state index in [2.05, 4.69) is 14.2 Å². The lowest BCUT2D eigenvalue weighted by Gasteiger charge is -2.03. The molecule has 5 nitrogen and oxygen atoms in total. The van der Waals surface area contributed by atoms with Crippen molar-refractivity contribution in [3.63, 3.8) is 0 Å². The van der Waals surface area contributed by atoms with Gasteiger partial charge in [0.25, 0.3) is 5.16 Å². The van der Waals surface area contributed by atoms with Crippen LogP contribution in [0.1, 0.15) is 5.56 Å². The summed E-state index contributed by atoms with van der Waals surface area (Å²) >= 11 is 0. The number of nitrogens with zero attached hydrogens (tertiary/aromatic N) is 1. The highest BCUT2D eigenvalue weighted by Crippen LogP contribution is 2.12. The van der Waals surface area contributed by atoms with E-state index in [-0.39, 0.29) is 17.3 Å². The minimum atomic E-state index is -3.97. The number of aromatic amines is 1. The zero-order valence-corrected chi connectivity index (χ0v) is 9.45. The van der Waals surface area contributed by atoms with Crippen LogP contribution < -0.4 is 0 Å². The first kappa shape index (κ1) is 11.7. The molecule has 0 saturated carbocycles. The molecule has 0 aliphatic rings. The normalized spacial score (nSPS) is 11.6. The van der Waals surface area contributed by atoms with E-state index in [0.717, 1.165) is 0 Å². The van der Waals surface area contributed by atoms with Crippen LogP contribution in [0.2, 0.25) is 0 Å². The molecule has 7 heteroatoms. The van der Waals surface area contributed by atoms with Crippen LogP contribution in [0.3, 0.4) is 0 Å². The Bertz CT molecular complexity index is 596. The van der Waals surface area contributed by atoms with E-state index in [1.165, 1.54) is 30.6 Å². The fraction of sp³-hybridized carbons (Fsp3) is 0.100. The fourth-order valence-corrected chi connectivity index (χ4v) is 2.00. The van der Waals surface area contributed by atoms with Crippen LogP contribution in [0.4, 0.5) is 4.39 Å². The monoisotopic (exact) mass is 256 g/mol. The zero-order chi connectivity index (χ0) is 12.3. The van der Waals surface area contributed by atoms with Crippen molar-refractivity contribution >= 4 is 10.1 Å². The maximum Gasteiger partial charge on any atom is 0.331 e. The Hall–Kier alpha value is -1.73. The van der Waals surface area contributed by atoms with E-state index in [1.807, 2.05) is 0 Å². The lowest BCUT2D eigenvalue weighted by molar-refractivity contribution is 0.299. The van der Waals surface area contributed by atoms with Crippen LogP contribution in [0.15, 0.2) is 41.8 Å². The molecule has 90 valence electrons. The van der Waals surface area contributed by atoms with Crippen LogP contribution in [0.25, 0.3) is 0 Å². The summed E-state index contributed by atoms with van der Waals surface area (Å²) in [5, 5.41) is -0.297. The van der Waals surface area contributed by atoms with Crippen molar-refractivity contribution in [2.75, 3.05) is 0 Å². The first-order chi connectivity index (χ1) is 8.09. The second kappa shape index (κ2) is 4.64. The quantitative estimate of drug-likeness (QED) is 0.840. The summed E-state index contributed by atoms with van der Waals surface area (Å²) in [6, 6.07) is 5.80. The standard InChI is InChI=1S/C10H9FN2O3S/c11-9-4-2-1-3-8(9)7-16-17(14,15)10-12-5-6-13-10/h1-6H,7H2,(H,12,13). The Labute approximate surface area is 97.4 Å². The van der Waals surface area contributed by atoms with Gasteiger partial charge in [-0.25, -0.2) is 9.37 Å². The molecule has 0 saturated heterocycles. The van der Waals surface area contributed by atoms with Crippen LogP contribution in [0.5, 0.6) is 0 Å². The van der Waals surface area contributed by atoms with Gasteiger partial charge < -0.3 is 4.98 Å². The number of hydrogen-bond acceptors (Lipinski definition) is 4. The summed E-state index contributed by atoms with van der Waals surface area (Å²) in [6.07, 6.45) is 2.65. The Kier molecular flexibility index (Phi) is 3.21. The smallest absolute Gasteiger partial charge is 0.331 e. The third kappa shape index (κ3) is 2.69. The Morgan fingerprint density at radius 2 is 2.12 bits per heavy atom. The third-order valence-electron chi connectivity index (χ3n) is 2.04. The van der Waals surface area contributed by atoms with Gasteiger partial charge in [-0.2, -0.15) is 8.42 Å². The van der Waals surface area contributed by atoms with E-state index in [9.17, 15) is 12.8 Å². The van der Waals surface area contributed by atoms with Crippen LogP contribution in [-0.4, -0.2) is 18.4 Å². The van der Waals surface area contributed by atoms with Gasteiger partial charge in [0.05, 0.1) is 6.61 Å². The lowest BCUT2D eigenvalue weighted by atomic mass is 10.2. The molecule has 0 unspecified atom stereocenters. The molecule has 0 fully saturated rings. The maximum absolute atomic E-state index is 13.2. The predicted molar refractivity (Wildman–Crippen MR) is 57.0 cm³/mol. The molecule has 1 aromatic heterocycles. The number of halogens is 1. The minimum absolute atomic E-state index is 0.169. The molecule has 1 heterocycles. The SMILES string of the molecule is O=S(=O)(OCc1ccccc1F)c1ncc[nH]1. The molecule has 0 amide bonds. The third-order valence-corrected chi connectivity index (χ3v) is 3.16. The first-order valence-electron chi connectivity index (χ1n) is 4.72. The topological polar surface area (TPSA) is 72.1 Å². The van der Waals surface area contributed by atoms with Gasteiger partial charge in [-0.1, -0.05) is 18.2 Å². The number of imidazole rings is 1. The Morgan fingerprint density at radius 1 is 1.35 bits per heavy atom. The molecule has 0 spiro atoms. The van der Waals surface area contributed by atoms with E-state index >= 15 is 0 Å². The molecule has 17 heavy (non-hydrogen) atoms. The second-order valence-electron chi connectivity index (χ2n) is 3.20. The van der Waals surface area contributed by atoms with E-state index < -0.39 is 15.9 Å². The van der Waals surface area contributed by atoms with Crippen LogP contribution in [0, 0.1) is 5.82 Å². The number of aromatic nitrogens is 2. The van der Waals surface area contributed by atoms with Gasteiger partial charge in [0.2, 0.25) is 0 Å². The zero-order valence-electron chi connectivity index (χ0n) is 8.63. The van der Waals surface area contributed by atoms with Crippen molar-refractivity contribution < 1.29 is 17.0 Å². The summed E-state index contributed by atoms with van der Waals surface area (Å²) in [6.45, 7) is -0.365. The van der Waals surface area contributed by atoms with Crippen molar-refractivity contribution in [3.8, 4) is 0 Å². The van der Waals surface area contributed by atoms with Crippen molar-refractivity contribution in [1.82, 2.24) is 9.97 Å². The van der Waals surface area contributed by atoms with Gasteiger partial charge in [-0.3, -0.25) is 4.18 Å². The van der Waals surface area contributed by atoms with Crippen molar-refractivity contribution in [2.45, 2.75) is 11.8 Å². The van der Waals surface area contributed by atoms with Crippen molar-refractivity contribution in [2.24, 2.45) is 0 Å². The lowest BCUT2D eigenvalue weighted by Crippen LogP contribution is -2.08. The highest BCUT2D eigenvalue weighted by molar-refractivity contribution is 7.86. The van der Waals surface area contributed by atoms with Crippen molar-refractivity contribution in [1.29, 1.82) is 0 Å². The van der Waals surface area contributed by atoms with Gasteiger partial charge in [-0.15, -0.1) is 0 Å². The molecule has 0 aliphatic heterocycles. The first-order valence-corrected chi connectivity index (χ1v) is 6.12. The summed E-state index contributed by atoms with van der Waals surface area (Å²) in [4.78, 5) is 5.97. The highest BCUT2D eigenvalue weighted by Gasteiger charge is 2.18. The molecule has 1 aromatic carbocycles. The molecule has 0 radical (unpaired) electrons. The largest absolute Gasteiger partial charge is 0.334 e. The molecule has 0 bridgehead atoms. The molecule has 0 atom stereocenters. The van der Waals surface area contributed by atoms with Gasteiger partial charge in [0.1, 0.15) is 5.82 Å². The summed E-state index contributed by atoms with van der Waals surface area (Å²) in [7, 11) is -3.97. The van der Waals surface area contributed by atoms with Gasteiger partial charge >= 0.3 is 10.1 Å². The van der Waals surface area contributed by atoms with E-state index in [4.69, 9.17) is 0 Å². The maximum atomic E-state index is 13.2. The van der Waals surface area contributed by atoms with Gasteiger partial charge in [-0.05, 0) is 6.07 Å². The Balaban J connectivity index is 2.12. The number of H-pyrrole nitrogens is 1. The number of hydrogen-bond donors (Lipinski definition) is 1. The number of benzene rings is 1. The van der Waals surface area contributed by atoms with Gasteiger partial charge in [0, 0.05) is 18.0 Å². The minimum Gasteiger partial charge on any atom is -0.334 e. The molecule has 1 N–H and O–H groups in total. The molecule has 2 aromatic rings. The second-order valence-corrected chi connectivity index (χ2v) is 4.73. The summed E-state index contributed by atoms with van der Waals surface area (Å²) < 4.78 is 41.0. The van der Waals surface area contributed by atoms with E-state index in [0.29, 0.717) is 0 Å².